The summed E-state index contributed by atoms with van der Waals surface area (Å²) < 4.78 is 82.5. The largest absolute Gasteiger partial charge is 0.462 e. The highest BCUT2D eigenvalue weighted by Gasteiger charge is 2.18. The van der Waals surface area contributed by atoms with Crippen molar-refractivity contribution in [1.82, 2.24) is 0 Å². The molecule has 1 atom stereocenters. The topological polar surface area (TPSA) is 236 Å². The van der Waals surface area contributed by atoms with Gasteiger partial charge in [0.05, 0.1) is 164 Å². The van der Waals surface area contributed by atoms with Crippen LogP contribution in [0.25, 0.3) is 0 Å². The number of ether oxygens (including phenoxy) is 16. The first kappa shape index (κ1) is 53.4. The first-order valence-corrected chi connectivity index (χ1v) is 18.4. The van der Waals surface area contributed by atoms with Crippen LogP contribution in [0, 0.1) is 0 Å². The third-order valence-electron chi connectivity index (χ3n) is 6.44. The van der Waals surface area contributed by atoms with Gasteiger partial charge in [0.1, 0.15) is 6.61 Å². The average molecular weight is 821 g/mol. The summed E-state index contributed by atoms with van der Waals surface area (Å²) in [7, 11) is 3.22. The molecular weight excluding hydrogens is 756 g/mol. The van der Waals surface area contributed by atoms with Gasteiger partial charge in [0.15, 0.2) is 19.7 Å². The van der Waals surface area contributed by atoms with Gasteiger partial charge < -0.3 is 80.9 Å². The van der Waals surface area contributed by atoms with Gasteiger partial charge in [0, 0.05) is 14.2 Å². The SMILES string of the molecule is COCCOCCOCCOCCOCCOCOC(=O)CCC(=O)OCC(CO)OC(=O)CCC(=O)OCOCCOCCOCCOCCOCCOC. The Bertz CT molecular complexity index is 911. The highest BCUT2D eigenvalue weighted by molar-refractivity contribution is 5.78. The average Bonchev–Trinajstić information content (AvgIpc) is 3.20. The van der Waals surface area contributed by atoms with Crippen molar-refractivity contribution in [3.8, 4) is 0 Å². The number of hydrogen-bond donors (Lipinski definition) is 1. The Balaban J connectivity index is 3.62. The molecule has 21 heteroatoms. The molecule has 0 aromatic carbocycles. The van der Waals surface area contributed by atoms with Gasteiger partial charge in [-0.1, -0.05) is 0 Å². The molecule has 0 aromatic rings. The van der Waals surface area contributed by atoms with E-state index in [-0.39, 0.29) is 65.7 Å². The molecule has 0 rings (SSSR count). The summed E-state index contributed by atoms with van der Waals surface area (Å²) in [4.78, 5) is 47.7. The van der Waals surface area contributed by atoms with E-state index in [0.29, 0.717) is 106 Å². The number of methoxy groups -OCH3 is 2. The molecule has 330 valence electrons. The zero-order valence-corrected chi connectivity index (χ0v) is 33.0. The van der Waals surface area contributed by atoms with Crippen molar-refractivity contribution in [1.29, 1.82) is 0 Å². The lowest BCUT2D eigenvalue weighted by molar-refractivity contribution is -0.166. The van der Waals surface area contributed by atoms with Gasteiger partial charge in [-0.05, 0) is 0 Å². The van der Waals surface area contributed by atoms with E-state index in [1.165, 1.54) is 0 Å². The molecule has 0 radical (unpaired) electrons. The lowest BCUT2D eigenvalue weighted by atomic mass is 10.3. The Labute approximate surface area is 328 Å². The molecule has 1 unspecified atom stereocenters. The number of hydrogen-bond acceptors (Lipinski definition) is 21. The number of carbonyl (C=O) groups is 4. The zero-order valence-electron chi connectivity index (χ0n) is 33.0. The fraction of sp³-hybridized carbons (Fsp3) is 0.886. The second-order valence-corrected chi connectivity index (χ2v) is 10.9. The molecule has 0 aromatic heterocycles. The molecule has 0 aliphatic rings. The van der Waals surface area contributed by atoms with Crippen LogP contribution < -0.4 is 0 Å². The molecule has 0 saturated heterocycles. The fourth-order valence-corrected chi connectivity index (χ4v) is 3.56. The van der Waals surface area contributed by atoms with Gasteiger partial charge in [0.2, 0.25) is 0 Å². The lowest BCUT2D eigenvalue weighted by Crippen LogP contribution is -2.29. The van der Waals surface area contributed by atoms with Crippen LogP contribution in [0.5, 0.6) is 0 Å². The fourth-order valence-electron chi connectivity index (χ4n) is 3.56. The van der Waals surface area contributed by atoms with Crippen LogP contribution in [0.4, 0.5) is 0 Å². The standard InChI is InChI=1S/C35H64O21/c1-41-7-9-43-11-13-45-15-17-47-19-21-49-23-25-51-29-54-33(38)4-3-32(37)53-28-31(27-36)56-35(40)6-5-34(39)55-30-52-26-24-50-22-20-48-18-16-46-14-12-44-10-8-42-2/h31,36H,3-30H2,1-2H3. The predicted molar refractivity (Wildman–Crippen MR) is 191 cm³/mol. The molecular formula is C35H64O21. The summed E-state index contributed by atoms with van der Waals surface area (Å²) >= 11 is 0. The van der Waals surface area contributed by atoms with Crippen molar-refractivity contribution in [3.63, 3.8) is 0 Å². The van der Waals surface area contributed by atoms with Crippen LogP contribution in [0.3, 0.4) is 0 Å². The number of esters is 4. The Morgan fingerprint density at radius 3 is 0.946 bits per heavy atom. The normalized spacial score (nSPS) is 11.7. The maximum Gasteiger partial charge on any atom is 0.308 e. The van der Waals surface area contributed by atoms with E-state index in [9.17, 15) is 24.3 Å². The van der Waals surface area contributed by atoms with Gasteiger partial charge in [-0.25, -0.2) is 0 Å². The third kappa shape index (κ3) is 41.0. The maximum absolute atomic E-state index is 12.1. The molecule has 1 N–H and O–H groups in total. The molecule has 0 amide bonds. The van der Waals surface area contributed by atoms with Gasteiger partial charge in [-0.3, -0.25) is 19.2 Å². The van der Waals surface area contributed by atoms with Crippen LogP contribution >= 0.6 is 0 Å². The van der Waals surface area contributed by atoms with Crippen LogP contribution in [0.15, 0.2) is 0 Å². The Morgan fingerprint density at radius 2 is 0.643 bits per heavy atom. The zero-order chi connectivity index (χ0) is 41.0. The molecule has 0 aliphatic heterocycles. The van der Waals surface area contributed by atoms with E-state index >= 15 is 0 Å². The summed E-state index contributed by atoms with van der Waals surface area (Å²) in [5.74, 6) is -2.97. The Kier molecular flexibility index (Phi) is 41.4. The second-order valence-electron chi connectivity index (χ2n) is 10.9. The van der Waals surface area contributed by atoms with E-state index in [1.54, 1.807) is 14.2 Å². The third-order valence-corrected chi connectivity index (χ3v) is 6.44. The van der Waals surface area contributed by atoms with Crippen molar-refractivity contribution in [2.45, 2.75) is 31.8 Å². The molecule has 0 fully saturated rings. The molecule has 0 aliphatic carbocycles. The monoisotopic (exact) mass is 820 g/mol. The van der Waals surface area contributed by atoms with Crippen molar-refractivity contribution in [3.05, 3.63) is 0 Å². The minimum Gasteiger partial charge on any atom is -0.462 e. The summed E-state index contributed by atoms with van der Waals surface area (Å²) in [6.07, 6.45) is -2.37. The molecule has 0 saturated carbocycles. The van der Waals surface area contributed by atoms with Crippen molar-refractivity contribution in [2.24, 2.45) is 0 Å². The minimum atomic E-state index is -1.16. The molecule has 21 nitrogen and oxygen atoms in total. The number of aliphatic hydroxyl groups excluding tert-OH is 1. The summed E-state index contributed by atoms with van der Waals surface area (Å²) in [5, 5.41) is 9.45. The van der Waals surface area contributed by atoms with Crippen molar-refractivity contribution < 1.29 is 100 Å². The summed E-state index contributed by atoms with van der Waals surface area (Å²) in [6, 6.07) is 0. The van der Waals surface area contributed by atoms with E-state index in [1.807, 2.05) is 0 Å². The van der Waals surface area contributed by atoms with Gasteiger partial charge in [-0.15, -0.1) is 0 Å². The highest BCUT2D eigenvalue weighted by atomic mass is 16.7. The Morgan fingerprint density at radius 1 is 0.375 bits per heavy atom. The number of rotatable bonds is 44. The molecule has 56 heavy (non-hydrogen) atoms. The second kappa shape index (κ2) is 43.5. The summed E-state index contributed by atoms with van der Waals surface area (Å²) in [5.41, 5.74) is 0. The van der Waals surface area contributed by atoms with Gasteiger partial charge in [-0.2, -0.15) is 0 Å². The van der Waals surface area contributed by atoms with Crippen LogP contribution in [0.2, 0.25) is 0 Å². The van der Waals surface area contributed by atoms with Crippen molar-refractivity contribution in [2.75, 3.05) is 173 Å². The van der Waals surface area contributed by atoms with Crippen molar-refractivity contribution >= 4 is 23.9 Å². The maximum atomic E-state index is 12.1. The smallest absolute Gasteiger partial charge is 0.308 e. The van der Waals surface area contributed by atoms with Crippen LogP contribution in [-0.2, 0) is 95.0 Å². The van der Waals surface area contributed by atoms with Crippen LogP contribution in [0.1, 0.15) is 25.7 Å². The first-order valence-electron chi connectivity index (χ1n) is 18.4. The quantitative estimate of drug-likeness (QED) is 0.0351. The summed E-state index contributed by atoms with van der Waals surface area (Å²) in [6.45, 7) is 6.46. The predicted octanol–water partition coefficient (Wildman–Crippen LogP) is -0.546. The van der Waals surface area contributed by atoms with E-state index in [2.05, 4.69) is 0 Å². The lowest BCUT2D eigenvalue weighted by Gasteiger charge is -2.15. The minimum absolute atomic E-state index is 0.174. The van der Waals surface area contributed by atoms with E-state index in [4.69, 9.17) is 75.8 Å². The molecule has 0 bridgehead atoms. The first-order chi connectivity index (χ1) is 27.4. The molecule has 0 heterocycles. The number of aliphatic hydroxyl groups is 1. The van der Waals surface area contributed by atoms with Gasteiger partial charge in [0.25, 0.3) is 0 Å². The van der Waals surface area contributed by atoms with Gasteiger partial charge >= 0.3 is 23.9 Å². The Hall–Kier alpha value is -2.64. The number of carbonyl (C=O) groups excluding carboxylic acids is 4. The van der Waals surface area contributed by atoms with E-state index in [0.717, 1.165) is 0 Å². The highest BCUT2D eigenvalue weighted by Crippen LogP contribution is 2.03. The van der Waals surface area contributed by atoms with E-state index < -0.39 is 43.2 Å². The molecule has 0 spiro atoms. The van der Waals surface area contributed by atoms with Crippen LogP contribution in [-0.4, -0.2) is 208 Å².